The summed E-state index contributed by atoms with van der Waals surface area (Å²) in [6, 6.07) is 7.46. The number of hydrogen-bond donors (Lipinski definition) is 2. The lowest BCUT2D eigenvalue weighted by Gasteiger charge is -2.28. The lowest BCUT2D eigenvalue weighted by molar-refractivity contribution is -0.146. The monoisotopic (exact) mass is 637 g/mol. The van der Waals surface area contributed by atoms with E-state index < -0.39 is 34.5 Å². The van der Waals surface area contributed by atoms with Gasteiger partial charge >= 0.3 is 11.7 Å². The van der Waals surface area contributed by atoms with Crippen molar-refractivity contribution >= 4 is 27.5 Å². The number of carboxylic acids is 1. The highest BCUT2D eigenvalue weighted by Gasteiger charge is 2.48. The van der Waals surface area contributed by atoms with Crippen LogP contribution in [0.2, 0.25) is 0 Å². The molecule has 5 atom stereocenters. The van der Waals surface area contributed by atoms with Gasteiger partial charge < -0.3 is 24.1 Å². The van der Waals surface area contributed by atoms with Crippen LogP contribution in [0.15, 0.2) is 50.7 Å². The topological polar surface area (TPSA) is 146 Å². The molecule has 3 heterocycles. The molecule has 45 heavy (non-hydrogen) atoms. The van der Waals surface area contributed by atoms with Gasteiger partial charge in [-0.05, 0) is 76.3 Å². The van der Waals surface area contributed by atoms with Crippen LogP contribution in [0.4, 0.5) is 0 Å². The van der Waals surface area contributed by atoms with Crippen LogP contribution in [0, 0.1) is 18.8 Å². The molecule has 0 spiro atoms. The van der Waals surface area contributed by atoms with Crippen LogP contribution in [0.5, 0.6) is 5.75 Å². The maximum Gasteiger partial charge on any atom is 0.333 e. The largest absolute Gasteiger partial charge is 0.496 e. The Morgan fingerprint density at radius 3 is 2.51 bits per heavy atom. The van der Waals surface area contributed by atoms with Crippen molar-refractivity contribution in [3.63, 3.8) is 0 Å². The van der Waals surface area contributed by atoms with Gasteiger partial charge in [-0.2, -0.15) is 0 Å². The van der Waals surface area contributed by atoms with Gasteiger partial charge in [0.25, 0.3) is 5.56 Å². The number of rotatable bonds is 10. The van der Waals surface area contributed by atoms with Crippen molar-refractivity contribution in [2.24, 2.45) is 11.8 Å². The maximum atomic E-state index is 14.3. The average molecular weight is 638 g/mol. The molecule has 240 valence electrons. The Bertz CT molecular complexity index is 1840. The van der Waals surface area contributed by atoms with Crippen molar-refractivity contribution in [3.05, 3.63) is 68.7 Å². The molecule has 11 nitrogen and oxygen atoms in total. The molecule has 2 saturated carbocycles. The van der Waals surface area contributed by atoms with Crippen LogP contribution in [0.25, 0.3) is 21.0 Å². The molecule has 4 aromatic rings. The van der Waals surface area contributed by atoms with Gasteiger partial charge in [-0.1, -0.05) is 25.1 Å². The van der Waals surface area contributed by atoms with Crippen molar-refractivity contribution < 1.29 is 28.9 Å². The van der Waals surface area contributed by atoms with Crippen molar-refractivity contribution in [2.45, 2.75) is 89.7 Å². The first-order valence-electron chi connectivity index (χ1n) is 15.3. The minimum absolute atomic E-state index is 0.00138. The Labute approximate surface area is 264 Å². The quantitative estimate of drug-likeness (QED) is 0.242. The van der Waals surface area contributed by atoms with E-state index in [1.165, 1.54) is 42.2 Å². The summed E-state index contributed by atoms with van der Waals surface area (Å²) in [5, 5.41) is 21.2. The van der Waals surface area contributed by atoms with E-state index in [1.807, 2.05) is 31.2 Å². The normalized spacial score (nSPS) is 23.8. The number of aliphatic hydroxyl groups is 1. The van der Waals surface area contributed by atoms with E-state index in [1.54, 1.807) is 14.0 Å². The third-order valence-electron chi connectivity index (χ3n) is 9.85. The molecule has 3 aromatic heterocycles. The smallest absolute Gasteiger partial charge is 0.333 e. The van der Waals surface area contributed by atoms with Crippen LogP contribution in [-0.2, 0) is 21.6 Å². The van der Waals surface area contributed by atoms with Crippen LogP contribution in [0.3, 0.4) is 0 Å². The number of carboxylic acid groups (broad SMARTS) is 1. The summed E-state index contributed by atoms with van der Waals surface area (Å²) in [6.45, 7) is 6.45. The predicted octanol–water partition coefficient (Wildman–Crippen LogP) is 5.10. The number of nitrogens with zero attached hydrogens (tertiary/aromatic N) is 3. The Morgan fingerprint density at radius 1 is 1.22 bits per heavy atom. The van der Waals surface area contributed by atoms with E-state index in [0.717, 1.165) is 42.2 Å². The van der Waals surface area contributed by atoms with Gasteiger partial charge in [0.15, 0.2) is 0 Å². The molecule has 0 bridgehead atoms. The van der Waals surface area contributed by atoms with Gasteiger partial charge in [0.2, 0.25) is 5.89 Å². The standard InChI is InChI=1S/C33H39N3O8S/c1-6-33(41)15-19-13-21(14-20(19)16-33)44-24(22-9-7-8-10-23(22)42-5)17-35-29-25(18(2)26(45-29)27-34-11-12-43-27)28(37)36(31(35)40)32(3,4)30(38)39/h7-12,19-21,24,41H,6,13-17H2,1-5H3,(H,38,39)/t19-,20+,21-,24?,33?. The predicted molar refractivity (Wildman–Crippen MR) is 169 cm³/mol. The van der Waals surface area contributed by atoms with E-state index in [-0.39, 0.29) is 18.0 Å². The highest BCUT2D eigenvalue weighted by Crippen LogP contribution is 2.51. The summed E-state index contributed by atoms with van der Waals surface area (Å²) in [5.74, 6) is 0.296. The first-order chi connectivity index (χ1) is 21.4. The Balaban J connectivity index is 1.49. The van der Waals surface area contributed by atoms with Crippen molar-refractivity contribution in [2.75, 3.05) is 7.11 Å². The number of methoxy groups -OCH3 is 1. The molecular formula is C33H39N3O8S. The fourth-order valence-corrected chi connectivity index (χ4v) is 8.54. The molecule has 0 radical (unpaired) electrons. The third-order valence-corrected chi connectivity index (χ3v) is 11.2. The summed E-state index contributed by atoms with van der Waals surface area (Å²) in [6.07, 6.45) is 5.97. The number of thiophene rings is 1. The molecule has 2 aliphatic carbocycles. The van der Waals surface area contributed by atoms with Gasteiger partial charge in [-0.25, -0.2) is 19.1 Å². The van der Waals surface area contributed by atoms with Crippen molar-refractivity contribution in [3.8, 4) is 16.5 Å². The second kappa shape index (κ2) is 11.6. The molecule has 1 aromatic carbocycles. The van der Waals surface area contributed by atoms with Gasteiger partial charge in [0.05, 0.1) is 41.8 Å². The highest BCUT2D eigenvalue weighted by molar-refractivity contribution is 7.22. The van der Waals surface area contributed by atoms with Gasteiger partial charge in [0, 0.05) is 5.56 Å². The summed E-state index contributed by atoms with van der Waals surface area (Å²) in [7, 11) is 1.58. The van der Waals surface area contributed by atoms with E-state index in [4.69, 9.17) is 13.9 Å². The minimum atomic E-state index is -1.83. The molecule has 0 aliphatic heterocycles. The highest BCUT2D eigenvalue weighted by atomic mass is 32.1. The first-order valence-corrected chi connectivity index (χ1v) is 16.1. The number of aromatic nitrogens is 3. The van der Waals surface area contributed by atoms with Crippen molar-refractivity contribution in [1.29, 1.82) is 0 Å². The lowest BCUT2D eigenvalue weighted by Crippen LogP contribution is -2.52. The zero-order valence-electron chi connectivity index (χ0n) is 26.1. The fourth-order valence-electron chi connectivity index (χ4n) is 7.30. The molecule has 12 heteroatoms. The Kier molecular flexibility index (Phi) is 8.03. The van der Waals surface area contributed by atoms with Gasteiger partial charge in [-0.15, -0.1) is 11.3 Å². The molecule has 2 unspecified atom stereocenters. The molecule has 0 saturated heterocycles. The number of carbonyl (C=O) groups is 1. The number of fused-ring (bicyclic) bond motifs is 2. The minimum Gasteiger partial charge on any atom is -0.496 e. The Morgan fingerprint density at radius 2 is 1.91 bits per heavy atom. The number of para-hydroxylation sites is 1. The molecule has 6 rings (SSSR count). The average Bonchev–Trinajstić information content (AvgIpc) is 3.78. The Hall–Kier alpha value is -3.74. The second-order valence-electron chi connectivity index (χ2n) is 12.9. The van der Waals surface area contributed by atoms with Crippen LogP contribution in [0.1, 0.15) is 70.1 Å². The molecule has 0 amide bonds. The summed E-state index contributed by atoms with van der Waals surface area (Å²) in [5.41, 5.74) is -2.61. The van der Waals surface area contributed by atoms with Crippen LogP contribution in [-0.4, -0.2) is 49.1 Å². The molecule has 2 aliphatic rings. The zero-order valence-corrected chi connectivity index (χ0v) is 26.9. The number of aryl methyl sites for hydroxylation is 1. The fraction of sp³-hybridized carbons (Fsp3) is 0.515. The van der Waals surface area contributed by atoms with Gasteiger partial charge in [0.1, 0.15) is 28.5 Å². The van der Waals surface area contributed by atoms with Crippen LogP contribution >= 0.6 is 11.3 Å². The number of ether oxygens (including phenoxy) is 2. The molecular weight excluding hydrogens is 598 g/mol. The number of hydrogen-bond acceptors (Lipinski definition) is 9. The third kappa shape index (κ3) is 5.32. The first kappa shape index (κ1) is 31.3. The maximum absolute atomic E-state index is 14.3. The number of oxazole rings is 1. The number of benzene rings is 1. The summed E-state index contributed by atoms with van der Waals surface area (Å²) >= 11 is 1.20. The van der Waals surface area contributed by atoms with E-state index in [9.17, 15) is 24.6 Å². The molecule has 2 fully saturated rings. The zero-order chi connectivity index (χ0) is 32.3. The summed E-state index contributed by atoms with van der Waals surface area (Å²) < 4.78 is 20.4. The van der Waals surface area contributed by atoms with E-state index in [0.29, 0.717) is 38.7 Å². The SMILES string of the molecule is CCC1(O)C[C@H]2C[C@@H](OC(Cn3c(=O)n(C(C)(C)C(=O)O)c(=O)c4c(C)c(-c5ncco5)sc43)c3ccccc3OC)C[C@H]2C1. The van der Waals surface area contributed by atoms with E-state index >= 15 is 0 Å². The molecule has 2 N–H and O–H groups in total. The van der Waals surface area contributed by atoms with Crippen molar-refractivity contribution in [1.82, 2.24) is 14.1 Å². The second-order valence-corrected chi connectivity index (χ2v) is 13.9. The summed E-state index contributed by atoms with van der Waals surface area (Å²) in [4.78, 5) is 45.9. The lowest BCUT2D eigenvalue weighted by atomic mass is 9.95. The van der Waals surface area contributed by atoms with Gasteiger partial charge in [-0.3, -0.25) is 9.36 Å². The van der Waals surface area contributed by atoms with E-state index in [2.05, 4.69) is 4.98 Å². The van der Waals surface area contributed by atoms with Crippen LogP contribution < -0.4 is 16.0 Å². The number of aliphatic carboxylic acids is 1.